The number of halogens is 2. The van der Waals surface area contributed by atoms with Crippen molar-refractivity contribution < 1.29 is 4.79 Å². The van der Waals surface area contributed by atoms with Crippen molar-refractivity contribution >= 4 is 51.0 Å². The highest BCUT2D eigenvalue weighted by Crippen LogP contribution is 2.35. The van der Waals surface area contributed by atoms with Gasteiger partial charge in [-0.2, -0.15) is 0 Å². The molecular formula is C21H24ClIN2O. The first-order valence-corrected chi connectivity index (χ1v) is 10.9. The van der Waals surface area contributed by atoms with Gasteiger partial charge < -0.3 is 0 Å². The number of carbonyl (C=O) groups is 1. The number of ketones is 1. The molecule has 26 heavy (non-hydrogen) atoms. The summed E-state index contributed by atoms with van der Waals surface area (Å²) in [6, 6.07) is 6.12. The molecule has 0 unspecified atom stereocenters. The van der Waals surface area contributed by atoms with Crippen LogP contribution in [0, 0.1) is 34.6 Å². The number of hydrogen-bond donors (Lipinski definition) is 0. The molecule has 138 valence electrons. The highest BCUT2D eigenvalue weighted by atomic mass is 127. The zero-order valence-corrected chi connectivity index (χ0v) is 19.2. The maximum Gasteiger partial charge on any atom is 0.162 e. The third-order valence-corrected chi connectivity index (χ3v) is 4.75. The van der Waals surface area contributed by atoms with Crippen LogP contribution in [0.2, 0.25) is 5.02 Å². The zero-order chi connectivity index (χ0) is 19.8. The second-order valence-corrected chi connectivity index (χ2v) is 6.95. The van der Waals surface area contributed by atoms with Crippen LogP contribution in [0.15, 0.2) is 18.2 Å². The number of rotatable bonds is 2. The van der Waals surface area contributed by atoms with Gasteiger partial charge in [0.2, 0.25) is 0 Å². The lowest BCUT2D eigenvalue weighted by molar-refractivity contribution is 0.101. The Morgan fingerprint density at radius 3 is 2.08 bits per heavy atom. The van der Waals surface area contributed by atoms with Crippen molar-refractivity contribution in [1.82, 2.24) is 9.55 Å². The van der Waals surface area contributed by atoms with Gasteiger partial charge in [-0.3, -0.25) is 9.36 Å². The summed E-state index contributed by atoms with van der Waals surface area (Å²) in [6.45, 7) is 11.7. The molecule has 0 aliphatic heterocycles. The van der Waals surface area contributed by atoms with E-state index in [9.17, 15) is 4.79 Å². The number of pyridine rings is 1. The van der Waals surface area contributed by atoms with E-state index in [1.807, 2.05) is 24.8 Å². The van der Waals surface area contributed by atoms with Crippen LogP contribution in [0.3, 0.4) is 0 Å². The fraction of sp³-hybridized carbons (Fsp3) is 0.333. The quantitative estimate of drug-likeness (QED) is 0.238. The number of aromatic nitrogens is 2. The van der Waals surface area contributed by atoms with E-state index < -0.39 is 0 Å². The van der Waals surface area contributed by atoms with Crippen molar-refractivity contribution in [2.24, 2.45) is 0 Å². The Kier molecular flexibility index (Phi) is 6.51. The van der Waals surface area contributed by atoms with Crippen molar-refractivity contribution in [1.29, 1.82) is 0 Å². The van der Waals surface area contributed by atoms with Crippen molar-refractivity contribution in [3.8, 4) is 5.69 Å². The lowest BCUT2D eigenvalue weighted by atomic mass is 10.0. The molecule has 0 saturated heterocycles. The number of nitrogens with zero attached hydrogens (tertiary/aromatic N) is 2. The van der Waals surface area contributed by atoms with Crippen LogP contribution in [0.5, 0.6) is 0 Å². The predicted octanol–water partition coefficient (Wildman–Crippen LogP) is 6.47. The van der Waals surface area contributed by atoms with Gasteiger partial charge >= 0.3 is 0 Å². The summed E-state index contributed by atoms with van der Waals surface area (Å²) in [5.41, 5.74) is 7.72. The molecule has 2 aromatic heterocycles. The standard InChI is InChI=1S/C20H21ClN2O.CH3I/c1-10-7-11(2)19(12(3)8-10)23-14(5)17(15(6)24)18-16(21)9-13(4)22-20(18)23;1-2/h7-9H,1-6H3;1H3. The number of alkyl halides is 1. The minimum Gasteiger partial charge on any atom is -0.297 e. The number of aryl methyl sites for hydroxylation is 4. The predicted molar refractivity (Wildman–Crippen MR) is 120 cm³/mol. The molecule has 5 heteroatoms. The van der Waals surface area contributed by atoms with E-state index in [0.29, 0.717) is 10.6 Å². The van der Waals surface area contributed by atoms with Gasteiger partial charge in [0.25, 0.3) is 0 Å². The van der Waals surface area contributed by atoms with Gasteiger partial charge in [-0.25, -0.2) is 4.98 Å². The minimum absolute atomic E-state index is 0.00576. The van der Waals surface area contributed by atoms with Crippen molar-refractivity contribution in [3.05, 3.63) is 56.9 Å². The van der Waals surface area contributed by atoms with Gasteiger partial charge in [-0.05, 0) is 63.7 Å². The van der Waals surface area contributed by atoms with E-state index in [1.165, 1.54) is 5.56 Å². The van der Waals surface area contributed by atoms with E-state index in [4.69, 9.17) is 16.6 Å². The molecule has 0 N–H and O–H groups in total. The van der Waals surface area contributed by atoms with Gasteiger partial charge in [0.15, 0.2) is 5.78 Å². The summed E-state index contributed by atoms with van der Waals surface area (Å²) >= 11 is 8.63. The number of benzene rings is 1. The third-order valence-electron chi connectivity index (χ3n) is 4.45. The monoisotopic (exact) mass is 482 g/mol. The Bertz CT molecular complexity index is 982. The summed E-state index contributed by atoms with van der Waals surface area (Å²) in [4.78, 5) is 19.0. The maximum absolute atomic E-state index is 12.3. The molecule has 3 rings (SSSR count). The number of fused-ring (bicyclic) bond motifs is 1. The third kappa shape index (κ3) is 3.54. The van der Waals surface area contributed by atoms with E-state index in [1.54, 1.807) is 6.92 Å². The first-order chi connectivity index (χ1) is 12.2. The summed E-state index contributed by atoms with van der Waals surface area (Å²) in [7, 11) is 0. The number of Topliss-reactive ketones (excluding diaryl/α,β-unsaturated/α-hetero) is 1. The first kappa shape index (κ1) is 20.9. The molecule has 0 atom stereocenters. The van der Waals surface area contributed by atoms with Crippen LogP contribution in [0.25, 0.3) is 16.7 Å². The summed E-state index contributed by atoms with van der Waals surface area (Å²) in [5.74, 6) is 0.00576. The van der Waals surface area contributed by atoms with Crippen molar-refractivity contribution in [2.75, 3.05) is 4.93 Å². The van der Waals surface area contributed by atoms with Crippen LogP contribution in [-0.2, 0) is 0 Å². The summed E-state index contributed by atoms with van der Waals surface area (Å²) in [5, 5.41) is 1.32. The van der Waals surface area contributed by atoms with E-state index in [-0.39, 0.29) is 5.78 Å². The molecule has 1 aromatic carbocycles. The van der Waals surface area contributed by atoms with E-state index in [0.717, 1.165) is 39.2 Å². The van der Waals surface area contributed by atoms with Crippen molar-refractivity contribution in [2.45, 2.75) is 41.5 Å². The van der Waals surface area contributed by atoms with Crippen molar-refractivity contribution in [3.63, 3.8) is 0 Å². The topological polar surface area (TPSA) is 34.9 Å². The molecule has 0 saturated carbocycles. The van der Waals surface area contributed by atoms with Gasteiger partial charge in [0, 0.05) is 22.3 Å². The largest absolute Gasteiger partial charge is 0.297 e. The second-order valence-electron chi connectivity index (χ2n) is 6.54. The fourth-order valence-electron chi connectivity index (χ4n) is 3.69. The Labute approximate surface area is 173 Å². The lowest BCUT2D eigenvalue weighted by Gasteiger charge is -2.16. The smallest absolute Gasteiger partial charge is 0.162 e. The van der Waals surface area contributed by atoms with E-state index >= 15 is 0 Å². The Hall–Kier alpha value is -1.40. The van der Waals surface area contributed by atoms with Gasteiger partial charge in [0.1, 0.15) is 5.65 Å². The highest BCUT2D eigenvalue weighted by Gasteiger charge is 2.23. The van der Waals surface area contributed by atoms with Crippen LogP contribution in [-0.4, -0.2) is 20.3 Å². The normalized spacial score (nSPS) is 10.7. The molecule has 0 bridgehead atoms. The SMILES string of the molecule is CC(=O)c1c(C)n(-c2c(C)cc(C)cc2C)c2nc(C)cc(Cl)c12.CI. The minimum atomic E-state index is 0.00576. The van der Waals surface area contributed by atoms with Crippen LogP contribution < -0.4 is 0 Å². The highest BCUT2D eigenvalue weighted by molar-refractivity contribution is 14.1. The van der Waals surface area contributed by atoms with Crippen LogP contribution in [0.1, 0.15) is 45.4 Å². The molecule has 3 aromatic rings. The number of hydrogen-bond acceptors (Lipinski definition) is 2. The zero-order valence-electron chi connectivity index (χ0n) is 16.3. The molecule has 0 fully saturated rings. The molecule has 0 radical (unpaired) electrons. The van der Waals surface area contributed by atoms with E-state index in [2.05, 4.69) is 60.1 Å². The van der Waals surface area contributed by atoms with Gasteiger partial charge in [0.05, 0.1) is 10.7 Å². The van der Waals surface area contributed by atoms with Crippen LogP contribution in [0.4, 0.5) is 0 Å². The fourth-order valence-corrected chi connectivity index (χ4v) is 4.03. The second kappa shape index (κ2) is 8.09. The molecular weight excluding hydrogens is 459 g/mol. The molecule has 3 nitrogen and oxygen atoms in total. The molecule has 0 amide bonds. The molecule has 0 aliphatic carbocycles. The average Bonchev–Trinajstić information content (AvgIpc) is 2.82. The molecule has 2 heterocycles. The summed E-state index contributed by atoms with van der Waals surface area (Å²) < 4.78 is 2.08. The van der Waals surface area contributed by atoms with Gasteiger partial charge in [-0.1, -0.05) is 51.9 Å². The maximum atomic E-state index is 12.3. The Morgan fingerprint density at radius 2 is 1.58 bits per heavy atom. The van der Waals surface area contributed by atoms with Crippen LogP contribution >= 0.6 is 34.2 Å². The molecule has 0 aliphatic rings. The Morgan fingerprint density at radius 1 is 1.04 bits per heavy atom. The first-order valence-electron chi connectivity index (χ1n) is 8.37. The molecule has 0 spiro atoms. The average molecular weight is 483 g/mol. The summed E-state index contributed by atoms with van der Waals surface area (Å²) in [6.07, 6.45) is 0. The van der Waals surface area contributed by atoms with Gasteiger partial charge in [-0.15, -0.1) is 0 Å². The Balaban J connectivity index is 0.00000117. The number of carbonyl (C=O) groups excluding carboxylic acids is 1. The lowest BCUT2D eigenvalue weighted by Crippen LogP contribution is -2.05.